The molecule has 0 aliphatic rings. The minimum Gasteiger partial charge on any atom is -0.352 e. The van der Waals surface area contributed by atoms with Crippen molar-refractivity contribution in [3.63, 3.8) is 0 Å². The van der Waals surface area contributed by atoms with Crippen molar-refractivity contribution >= 4 is 21.8 Å². The third-order valence-corrected chi connectivity index (χ3v) is 6.24. The lowest BCUT2D eigenvalue weighted by molar-refractivity contribution is -0.142. The highest BCUT2D eigenvalue weighted by Gasteiger charge is 2.37. The molecular weight excluding hydrogens is 511 g/mol. The predicted octanol–water partition coefficient (Wildman–Crippen LogP) is 5.53. The number of nitrogens with one attached hydrogen (secondary N) is 1. The summed E-state index contributed by atoms with van der Waals surface area (Å²) in [6, 6.07) is 19.3. The van der Waals surface area contributed by atoms with Crippen LogP contribution in [0.2, 0.25) is 0 Å². The number of aryl methyl sites for hydroxylation is 1. The first-order valence-corrected chi connectivity index (χ1v) is 11.3. The van der Waals surface area contributed by atoms with Crippen LogP contribution in [0.3, 0.4) is 0 Å². The molecule has 10 heteroatoms. The molecule has 0 radical (unpaired) electrons. The van der Waals surface area contributed by atoms with Crippen LogP contribution in [0.1, 0.15) is 23.4 Å². The van der Waals surface area contributed by atoms with Crippen molar-refractivity contribution in [2.24, 2.45) is 0 Å². The fraction of sp³-hybridized carbons (Fsp3) is 0.208. The molecule has 6 nitrogen and oxygen atoms in total. The van der Waals surface area contributed by atoms with Gasteiger partial charge < -0.3 is 5.32 Å². The van der Waals surface area contributed by atoms with E-state index in [4.69, 9.17) is 5.10 Å². The molecule has 2 aromatic heterocycles. The summed E-state index contributed by atoms with van der Waals surface area (Å²) in [6.07, 6.45) is -2.72. The molecule has 0 atom stereocenters. The number of para-hydroxylation sites is 1. The standard InChI is InChI=1S/C24H21BrF3N5O/c1-16-21(25)23(24(26,27)28)31-32(16)13-12-20(34)29-14-18-15-33(19-10-6-3-7-11-19)30-22(18)17-8-4-2-5-9-17/h2-11,15H,12-14H2,1H3,(H,29,34). The van der Waals surface area contributed by atoms with Crippen LogP contribution in [0.25, 0.3) is 16.9 Å². The van der Waals surface area contributed by atoms with Crippen LogP contribution >= 0.6 is 15.9 Å². The molecule has 0 spiro atoms. The Kier molecular flexibility index (Phi) is 6.87. The first kappa shape index (κ1) is 23.7. The number of halogens is 4. The summed E-state index contributed by atoms with van der Waals surface area (Å²) in [4.78, 5) is 12.5. The van der Waals surface area contributed by atoms with Crippen LogP contribution < -0.4 is 5.32 Å². The van der Waals surface area contributed by atoms with Gasteiger partial charge in [0, 0.05) is 30.3 Å². The molecule has 0 bridgehead atoms. The number of amides is 1. The van der Waals surface area contributed by atoms with Gasteiger partial charge in [0.15, 0.2) is 5.69 Å². The molecule has 0 saturated carbocycles. The molecule has 4 aromatic rings. The summed E-state index contributed by atoms with van der Waals surface area (Å²) in [7, 11) is 0. The molecule has 0 fully saturated rings. The second kappa shape index (κ2) is 9.84. The largest absolute Gasteiger partial charge is 0.436 e. The van der Waals surface area contributed by atoms with E-state index in [9.17, 15) is 18.0 Å². The molecule has 2 heterocycles. The van der Waals surface area contributed by atoms with Crippen molar-refractivity contribution in [1.82, 2.24) is 24.9 Å². The summed E-state index contributed by atoms with van der Waals surface area (Å²) in [5.41, 5.74) is 2.68. The third-order valence-electron chi connectivity index (χ3n) is 5.29. The number of rotatable bonds is 7. The van der Waals surface area contributed by atoms with Crippen molar-refractivity contribution < 1.29 is 18.0 Å². The Morgan fingerprint density at radius 2 is 1.68 bits per heavy atom. The molecule has 0 aliphatic carbocycles. The minimum atomic E-state index is -4.57. The number of hydrogen-bond donors (Lipinski definition) is 1. The van der Waals surface area contributed by atoms with Gasteiger partial charge in [-0.2, -0.15) is 23.4 Å². The van der Waals surface area contributed by atoms with E-state index in [2.05, 4.69) is 26.3 Å². The smallest absolute Gasteiger partial charge is 0.352 e. The summed E-state index contributed by atoms with van der Waals surface area (Å²) in [5.74, 6) is -0.300. The summed E-state index contributed by atoms with van der Waals surface area (Å²) >= 11 is 2.94. The Morgan fingerprint density at radius 1 is 1.03 bits per heavy atom. The van der Waals surface area contributed by atoms with Crippen molar-refractivity contribution in [2.45, 2.75) is 32.6 Å². The SMILES string of the molecule is Cc1c(Br)c(C(F)(F)F)nn1CCC(=O)NCc1cn(-c2ccccc2)nc1-c1ccccc1. The molecular formula is C24H21BrF3N5O. The van der Waals surface area contributed by atoms with Crippen LogP contribution in [0.15, 0.2) is 71.3 Å². The quantitative estimate of drug-likeness (QED) is 0.341. The number of alkyl halides is 3. The van der Waals surface area contributed by atoms with E-state index in [1.54, 1.807) is 4.68 Å². The van der Waals surface area contributed by atoms with Crippen LogP contribution in [-0.4, -0.2) is 25.5 Å². The Balaban J connectivity index is 1.47. The van der Waals surface area contributed by atoms with Crippen LogP contribution in [0.4, 0.5) is 13.2 Å². The van der Waals surface area contributed by atoms with E-state index < -0.39 is 11.9 Å². The summed E-state index contributed by atoms with van der Waals surface area (Å²) in [6.45, 7) is 1.78. The Hall–Kier alpha value is -3.40. The number of benzene rings is 2. The van der Waals surface area contributed by atoms with Crippen molar-refractivity contribution in [3.8, 4) is 16.9 Å². The van der Waals surface area contributed by atoms with E-state index in [-0.39, 0.29) is 29.9 Å². The van der Waals surface area contributed by atoms with Gasteiger partial charge in [0.05, 0.1) is 28.1 Å². The van der Waals surface area contributed by atoms with Gasteiger partial charge in [0.2, 0.25) is 5.91 Å². The van der Waals surface area contributed by atoms with Gasteiger partial charge in [-0.3, -0.25) is 9.48 Å². The zero-order valence-electron chi connectivity index (χ0n) is 18.2. The zero-order chi connectivity index (χ0) is 24.3. The zero-order valence-corrected chi connectivity index (χ0v) is 19.8. The van der Waals surface area contributed by atoms with E-state index in [0.717, 1.165) is 22.5 Å². The number of nitrogens with zero attached hydrogens (tertiary/aromatic N) is 4. The Labute approximate surface area is 202 Å². The number of carbonyl (C=O) groups is 1. The van der Waals surface area contributed by atoms with E-state index >= 15 is 0 Å². The normalized spacial score (nSPS) is 11.6. The second-order valence-corrected chi connectivity index (χ2v) is 8.44. The average Bonchev–Trinajstić information content (AvgIpc) is 3.39. The van der Waals surface area contributed by atoms with E-state index in [1.165, 1.54) is 11.6 Å². The monoisotopic (exact) mass is 531 g/mol. The second-order valence-electron chi connectivity index (χ2n) is 7.64. The molecule has 34 heavy (non-hydrogen) atoms. The highest BCUT2D eigenvalue weighted by molar-refractivity contribution is 9.10. The lowest BCUT2D eigenvalue weighted by atomic mass is 10.1. The first-order valence-electron chi connectivity index (χ1n) is 10.5. The molecule has 0 aliphatic heterocycles. The van der Waals surface area contributed by atoms with Gasteiger partial charge in [-0.25, -0.2) is 4.68 Å². The average molecular weight is 532 g/mol. The van der Waals surface area contributed by atoms with Crippen LogP contribution in [-0.2, 0) is 24.1 Å². The Morgan fingerprint density at radius 3 is 2.29 bits per heavy atom. The van der Waals surface area contributed by atoms with Gasteiger partial charge in [-0.1, -0.05) is 48.5 Å². The topological polar surface area (TPSA) is 64.7 Å². The van der Waals surface area contributed by atoms with Gasteiger partial charge in [0.25, 0.3) is 0 Å². The fourth-order valence-corrected chi connectivity index (χ4v) is 4.01. The molecule has 0 saturated heterocycles. The van der Waals surface area contributed by atoms with E-state index in [1.807, 2.05) is 66.9 Å². The number of carbonyl (C=O) groups excluding carboxylic acids is 1. The number of hydrogen-bond acceptors (Lipinski definition) is 3. The van der Waals surface area contributed by atoms with Gasteiger partial charge in [-0.05, 0) is 35.0 Å². The third kappa shape index (κ3) is 5.22. The maximum Gasteiger partial charge on any atom is 0.436 e. The molecule has 1 N–H and O–H groups in total. The highest BCUT2D eigenvalue weighted by atomic mass is 79.9. The summed E-state index contributed by atoms with van der Waals surface area (Å²) < 4.78 is 42.0. The predicted molar refractivity (Wildman–Crippen MR) is 125 cm³/mol. The molecule has 2 aromatic carbocycles. The lowest BCUT2D eigenvalue weighted by Crippen LogP contribution is -2.24. The number of aromatic nitrogens is 4. The highest BCUT2D eigenvalue weighted by Crippen LogP contribution is 2.35. The maximum absolute atomic E-state index is 13.1. The van der Waals surface area contributed by atoms with Gasteiger partial charge in [-0.15, -0.1) is 0 Å². The fourth-order valence-electron chi connectivity index (χ4n) is 3.50. The summed E-state index contributed by atoms with van der Waals surface area (Å²) in [5, 5.41) is 11.2. The van der Waals surface area contributed by atoms with E-state index in [0.29, 0.717) is 5.69 Å². The molecule has 4 rings (SSSR count). The Bertz CT molecular complexity index is 1280. The van der Waals surface area contributed by atoms with Crippen LogP contribution in [0, 0.1) is 6.92 Å². The maximum atomic E-state index is 13.1. The van der Waals surface area contributed by atoms with Crippen molar-refractivity contribution in [1.29, 1.82) is 0 Å². The van der Waals surface area contributed by atoms with Crippen molar-refractivity contribution in [2.75, 3.05) is 0 Å². The van der Waals surface area contributed by atoms with Crippen molar-refractivity contribution in [3.05, 3.63) is 88.3 Å². The molecule has 0 unspecified atom stereocenters. The van der Waals surface area contributed by atoms with Gasteiger partial charge in [0.1, 0.15) is 0 Å². The lowest BCUT2D eigenvalue weighted by Gasteiger charge is -2.07. The molecule has 1 amide bonds. The van der Waals surface area contributed by atoms with Gasteiger partial charge >= 0.3 is 6.18 Å². The van der Waals surface area contributed by atoms with Crippen LogP contribution in [0.5, 0.6) is 0 Å². The molecule has 176 valence electrons. The first-order chi connectivity index (χ1) is 16.2. The minimum absolute atomic E-state index is 0.0141.